The van der Waals surface area contributed by atoms with Crippen molar-refractivity contribution >= 4 is 0 Å². The summed E-state index contributed by atoms with van der Waals surface area (Å²) < 4.78 is 0. The van der Waals surface area contributed by atoms with Crippen LogP contribution in [-0.4, -0.2) is 34.2 Å². The van der Waals surface area contributed by atoms with Crippen LogP contribution in [0.15, 0.2) is 6.07 Å². The Morgan fingerprint density at radius 2 is 2.29 bits per heavy atom. The maximum atomic E-state index is 5.99. The number of H-pyrrole nitrogens is 1. The van der Waals surface area contributed by atoms with E-state index >= 15 is 0 Å². The molecule has 0 amide bonds. The molecule has 0 saturated carbocycles. The van der Waals surface area contributed by atoms with Gasteiger partial charge in [0.25, 0.3) is 0 Å². The topological polar surface area (TPSA) is 57.9 Å². The molecule has 1 aliphatic heterocycles. The van der Waals surface area contributed by atoms with Crippen LogP contribution in [0.3, 0.4) is 0 Å². The predicted octanol–water partition coefficient (Wildman–Crippen LogP) is 1.63. The molecule has 0 aromatic carbocycles. The molecule has 0 radical (unpaired) electrons. The monoisotopic (exact) mass is 236 g/mol. The molecule has 4 nitrogen and oxygen atoms in total. The van der Waals surface area contributed by atoms with Gasteiger partial charge in [-0.15, -0.1) is 0 Å². The van der Waals surface area contributed by atoms with Crippen molar-refractivity contribution in [2.75, 3.05) is 13.1 Å². The summed E-state index contributed by atoms with van der Waals surface area (Å²) >= 11 is 0. The molecule has 96 valence electrons. The Kier molecular flexibility index (Phi) is 3.54. The van der Waals surface area contributed by atoms with Crippen molar-refractivity contribution in [3.05, 3.63) is 17.5 Å². The lowest BCUT2D eigenvalue weighted by molar-refractivity contribution is 0.199. The van der Waals surface area contributed by atoms with Crippen molar-refractivity contribution in [2.24, 2.45) is 5.73 Å². The highest BCUT2D eigenvalue weighted by molar-refractivity contribution is 5.16. The van der Waals surface area contributed by atoms with Gasteiger partial charge in [-0.1, -0.05) is 20.8 Å². The number of nitrogens with zero attached hydrogens (tertiary/aromatic N) is 2. The smallest absolute Gasteiger partial charge is 0.0678 e. The summed E-state index contributed by atoms with van der Waals surface area (Å²) in [5, 5.41) is 7.53. The van der Waals surface area contributed by atoms with Crippen LogP contribution >= 0.6 is 0 Å². The normalized spacial score (nSPS) is 22.9. The molecule has 1 atom stereocenters. The Bertz CT molecular complexity index is 364. The second-order valence-electron chi connectivity index (χ2n) is 6.17. The van der Waals surface area contributed by atoms with Gasteiger partial charge in [-0.05, 0) is 25.5 Å². The number of piperidine rings is 1. The lowest BCUT2D eigenvalue weighted by Gasteiger charge is -2.30. The molecule has 3 N–H and O–H groups in total. The molecular weight excluding hydrogens is 212 g/mol. The van der Waals surface area contributed by atoms with E-state index in [1.807, 2.05) is 0 Å². The molecule has 2 heterocycles. The van der Waals surface area contributed by atoms with Crippen LogP contribution in [0.25, 0.3) is 0 Å². The molecule has 2 rings (SSSR count). The Morgan fingerprint density at radius 3 is 2.88 bits per heavy atom. The van der Waals surface area contributed by atoms with Crippen molar-refractivity contribution in [3.63, 3.8) is 0 Å². The molecule has 1 aliphatic rings. The maximum absolute atomic E-state index is 5.99. The number of aromatic nitrogens is 2. The molecule has 1 fully saturated rings. The molecule has 4 heteroatoms. The van der Waals surface area contributed by atoms with Crippen LogP contribution in [0.5, 0.6) is 0 Å². The average Bonchev–Trinajstić information content (AvgIpc) is 2.65. The Balaban J connectivity index is 1.97. The van der Waals surface area contributed by atoms with Gasteiger partial charge in [-0.3, -0.25) is 10.00 Å². The van der Waals surface area contributed by atoms with E-state index in [0.717, 1.165) is 31.7 Å². The SMILES string of the molecule is CC(C)(C)c1cc(CN2CCCC(N)C2)[nH]n1. The van der Waals surface area contributed by atoms with Crippen molar-refractivity contribution in [2.45, 2.75) is 51.6 Å². The minimum absolute atomic E-state index is 0.118. The van der Waals surface area contributed by atoms with Crippen LogP contribution in [0.4, 0.5) is 0 Å². The average molecular weight is 236 g/mol. The largest absolute Gasteiger partial charge is 0.327 e. The van der Waals surface area contributed by atoms with Crippen molar-refractivity contribution in [1.82, 2.24) is 15.1 Å². The fourth-order valence-electron chi connectivity index (χ4n) is 2.30. The van der Waals surface area contributed by atoms with E-state index in [2.05, 4.69) is 41.9 Å². The zero-order chi connectivity index (χ0) is 12.5. The number of nitrogens with two attached hydrogens (primary N) is 1. The summed E-state index contributed by atoms with van der Waals surface area (Å²) in [5.74, 6) is 0. The van der Waals surface area contributed by atoms with E-state index in [1.165, 1.54) is 12.1 Å². The molecule has 1 saturated heterocycles. The minimum Gasteiger partial charge on any atom is -0.327 e. The highest BCUT2D eigenvalue weighted by Crippen LogP contribution is 2.21. The fraction of sp³-hybridized carbons (Fsp3) is 0.769. The number of aromatic amines is 1. The van der Waals surface area contributed by atoms with Gasteiger partial charge in [0.15, 0.2) is 0 Å². The van der Waals surface area contributed by atoms with Crippen molar-refractivity contribution in [1.29, 1.82) is 0 Å². The summed E-state index contributed by atoms with van der Waals surface area (Å²) in [5.41, 5.74) is 8.44. The predicted molar refractivity (Wildman–Crippen MR) is 69.8 cm³/mol. The summed E-state index contributed by atoms with van der Waals surface area (Å²) in [6, 6.07) is 2.52. The number of likely N-dealkylation sites (tertiary alicyclic amines) is 1. The zero-order valence-corrected chi connectivity index (χ0v) is 11.2. The first-order valence-corrected chi connectivity index (χ1v) is 6.48. The Labute approximate surface area is 104 Å². The maximum Gasteiger partial charge on any atom is 0.0678 e. The van der Waals surface area contributed by atoms with E-state index in [-0.39, 0.29) is 5.41 Å². The summed E-state index contributed by atoms with van der Waals surface area (Å²) in [6.07, 6.45) is 2.37. The highest BCUT2D eigenvalue weighted by atomic mass is 15.2. The standard InChI is InChI=1S/C13H24N4/c1-13(2,3)12-7-11(15-16-12)9-17-6-4-5-10(14)8-17/h7,10H,4-6,8-9,14H2,1-3H3,(H,15,16). The molecule has 1 unspecified atom stereocenters. The number of rotatable bonds is 2. The summed E-state index contributed by atoms with van der Waals surface area (Å²) in [4.78, 5) is 2.41. The third-order valence-electron chi connectivity index (χ3n) is 3.34. The molecule has 0 spiro atoms. The first-order valence-electron chi connectivity index (χ1n) is 6.48. The van der Waals surface area contributed by atoms with Gasteiger partial charge in [0.1, 0.15) is 0 Å². The van der Waals surface area contributed by atoms with Gasteiger partial charge in [0.2, 0.25) is 0 Å². The molecular formula is C13H24N4. The van der Waals surface area contributed by atoms with Crippen molar-refractivity contribution < 1.29 is 0 Å². The molecule has 0 aliphatic carbocycles. The lowest BCUT2D eigenvalue weighted by atomic mass is 9.92. The third kappa shape index (κ3) is 3.30. The minimum atomic E-state index is 0.118. The summed E-state index contributed by atoms with van der Waals surface area (Å²) in [7, 11) is 0. The molecule has 17 heavy (non-hydrogen) atoms. The molecule has 1 aromatic rings. The van der Waals surface area contributed by atoms with Crippen LogP contribution < -0.4 is 5.73 Å². The first-order chi connectivity index (χ1) is 7.95. The van der Waals surface area contributed by atoms with Gasteiger partial charge in [0.05, 0.1) is 5.69 Å². The zero-order valence-electron chi connectivity index (χ0n) is 11.2. The van der Waals surface area contributed by atoms with E-state index in [0.29, 0.717) is 6.04 Å². The highest BCUT2D eigenvalue weighted by Gasteiger charge is 2.20. The third-order valence-corrected chi connectivity index (χ3v) is 3.34. The van der Waals surface area contributed by atoms with Gasteiger partial charge < -0.3 is 5.73 Å². The molecule has 1 aromatic heterocycles. The number of nitrogens with one attached hydrogen (secondary N) is 1. The van der Waals surface area contributed by atoms with E-state index in [4.69, 9.17) is 5.73 Å². The summed E-state index contributed by atoms with van der Waals surface area (Å²) in [6.45, 7) is 9.65. The van der Waals surface area contributed by atoms with Gasteiger partial charge in [-0.25, -0.2) is 0 Å². The second-order valence-corrected chi connectivity index (χ2v) is 6.17. The van der Waals surface area contributed by atoms with Crippen molar-refractivity contribution in [3.8, 4) is 0 Å². The lowest BCUT2D eigenvalue weighted by Crippen LogP contribution is -2.42. The van der Waals surface area contributed by atoms with E-state index in [9.17, 15) is 0 Å². The first kappa shape index (κ1) is 12.6. The van der Waals surface area contributed by atoms with Crippen LogP contribution in [-0.2, 0) is 12.0 Å². The number of hydrogen-bond acceptors (Lipinski definition) is 3. The van der Waals surface area contributed by atoms with Gasteiger partial charge >= 0.3 is 0 Å². The van der Waals surface area contributed by atoms with Gasteiger partial charge in [0, 0.05) is 30.2 Å². The van der Waals surface area contributed by atoms with Gasteiger partial charge in [-0.2, -0.15) is 5.10 Å². The second kappa shape index (κ2) is 4.78. The molecule has 0 bridgehead atoms. The fourth-order valence-corrected chi connectivity index (χ4v) is 2.30. The quantitative estimate of drug-likeness (QED) is 0.820. The number of hydrogen-bond donors (Lipinski definition) is 2. The van der Waals surface area contributed by atoms with Crippen LogP contribution in [0.1, 0.15) is 45.0 Å². The Morgan fingerprint density at radius 1 is 1.53 bits per heavy atom. The van der Waals surface area contributed by atoms with E-state index < -0.39 is 0 Å². The van der Waals surface area contributed by atoms with Crippen LogP contribution in [0.2, 0.25) is 0 Å². The van der Waals surface area contributed by atoms with Crippen LogP contribution in [0, 0.1) is 0 Å². The van der Waals surface area contributed by atoms with E-state index in [1.54, 1.807) is 0 Å². The Hall–Kier alpha value is -0.870.